The Morgan fingerprint density at radius 3 is 2.62 bits per heavy atom. The van der Waals surface area contributed by atoms with Crippen molar-refractivity contribution in [3.63, 3.8) is 0 Å². The van der Waals surface area contributed by atoms with Gasteiger partial charge < -0.3 is 19.1 Å². The second-order valence-electron chi connectivity index (χ2n) is 7.76. The number of methoxy groups -OCH3 is 1. The highest BCUT2D eigenvalue weighted by Crippen LogP contribution is 2.28. The minimum Gasteiger partial charge on any atom is -0.497 e. The molecule has 2 heterocycles. The fraction of sp³-hybridized carbons (Fsp3) is 0.333. The molecule has 0 bridgehead atoms. The Morgan fingerprint density at radius 2 is 1.91 bits per heavy atom. The predicted molar refractivity (Wildman–Crippen MR) is 117 cm³/mol. The number of carbonyl (C=O) groups is 2. The van der Waals surface area contributed by atoms with Crippen molar-refractivity contribution in [2.24, 2.45) is 0 Å². The lowest BCUT2D eigenvalue weighted by Gasteiger charge is -2.27. The van der Waals surface area contributed by atoms with Gasteiger partial charge in [-0.2, -0.15) is 4.98 Å². The molecule has 8 nitrogen and oxygen atoms in total. The number of ether oxygens (including phenoxy) is 1. The first-order valence-corrected chi connectivity index (χ1v) is 10.6. The van der Waals surface area contributed by atoms with Crippen LogP contribution in [0, 0.1) is 6.92 Å². The van der Waals surface area contributed by atoms with Crippen LogP contribution in [0.2, 0.25) is 0 Å². The summed E-state index contributed by atoms with van der Waals surface area (Å²) in [6, 6.07) is 16.2. The van der Waals surface area contributed by atoms with E-state index < -0.39 is 6.04 Å². The maximum Gasteiger partial charge on any atom is 0.254 e. The molecular weight excluding hydrogens is 408 g/mol. The zero-order valence-corrected chi connectivity index (χ0v) is 18.2. The van der Waals surface area contributed by atoms with Gasteiger partial charge >= 0.3 is 0 Å². The number of aryl methyl sites for hydroxylation is 1. The molecule has 1 unspecified atom stereocenters. The molecule has 2 amide bonds. The van der Waals surface area contributed by atoms with E-state index >= 15 is 0 Å². The van der Waals surface area contributed by atoms with E-state index in [0.717, 1.165) is 11.3 Å². The van der Waals surface area contributed by atoms with Gasteiger partial charge in [-0.1, -0.05) is 35.5 Å². The van der Waals surface area contributed by atoms with Crippen LogP contribution in [-0.2, 0) is 11.2 Å². The van der Waals surface area contributed by atoms with Crippen molar-refractivity contribution in [2.45, 2.75) is 25.8 Å². The second kappa shape index (κ2) is 9.64. The fourth-order valence-electron chi connectivity index (χ4n) is 3.94. The van der Waals surface area contributed by atoms with Gasteiger partial charge in [0, 0.05) is 25.2 Å². The van der Waals surface area contributed by atoms with Gasteiger partial charge in [0.05, 0.1) is 13.5 Å². The van der Waals surface area contributed by atoms with Crippen molar-refractivity contribution >= 4 is 11.8 Å². The van der Waals surface area contributed by atoms with Gasteiger partial charge in [0.2, 0.25) is 11.8 Å². The van der Waals surface area contributed by atoms with E-state index in [0.29, 0.717) is 43.3 Å². The molecule has 1 atom stereocenters. The van der Waals surface area contributed by atoms with Crippen LogP contribution in [0.3, 0.4) is 0 Å². The molecule has 0 N–H and O–H groups in total. The minimum atomic E-state index is -0.390. The Bertz CT molecular complexity index is 1080. The Labute approximate surface area is 186 Å². The summed E-state index contributed by atoms with van der Waals surface area (Å²) in [5.74, 6) is 1.52. The average Bonchev–Trinajstić information content (AvgIpc) is 3.12. The quantitative estimate of drug-likeness (QED) is 0.613. The first-order valence-electron chi connectivity index (χ1n) is 10.6. The van der Waals surface area contributed by atoms with E-state index in [2.05, 4.69) is 10.1 Å². The van der Waals surface area contributed by atoms with Gasteiger partial charge in [-0.25, -0.2) is 0 Å². The molecule has 2 aromatic carbocycles. The molecule has 8 heteroatoms. The number of carbonyl (C=O) groups excluding carboxylic acids is 2. The zero-order valence-electron chi connectivity index (χ0n) is 18.2. The summed E-state index contributed by atoms with van der Waals surface area (Å²) in [5.41, 5.74) is 1.48. The summed E-state index contributed by atoms with van der Waals surface area (Å²) in [6.45, 7) is 3.05. The van der Waals surface area contributed by atoms with Crippen LogP contribution in [0.1, 0.15) is 40.1 Å². The molecule has 1 aliphatic rings. The average molecular weight is 434 g/mol. The summed E-state index contributed by atoms with van der Waals surface area (Å²) in [5, 5.41) is 3.90. The summed E-state index contributed by atoms with van der Waals surface area (Å²) >= 11 is 0. The number of hydrogen-bond acceptors (Lipinski definition) is 6. The second-order valence-corrected chi connectivity index (χ2v) is 7.76. The normalized spacial score (nSPS) is 16.5. The van der Waals surface area contributed by atoms with Crippen LogP contribution < -0.4 is 4.74 Å². The van der Waals surface area contributed by atoms with Crippen molar-refractivity contribution in [2.75, 3.05) is 26.7 Å². The standard InChI is InChI=1S/C24H26N4O4/c1-17-25-23(32-26-17)21-11-12-27(22(29)16-18-7-6-10-20(15-18)31-2)13-14-28(21)24(30)19-8-4-3-5-9-19/h3-10,15,21H,11-14,16H2,1-2H3. The molecule has 1 fully saturated rings. The Morgan fingerprint density at radius 1 is 1.09 bits per heavy atom. The van der Waals surface area contributed by atoms with Crippen LogP contribution in [0.5, 0.6) is 5.75 Å². The highest BCUT2D eigenvalue weighted by molar-refractivity contribution is 5.94. The number of amides is 2. The van der Waals surface area contributed by atoms with Gasteiger partial charge in [0.1, 0.15) is 11.8 Å². The van der Waals surface area contributed by atoms with E-state index in [1.54, 1.807) is 36.0 Å². The van der Waals surface area contributed by atoms with E-state index in [9.17, 15) is 9.59 Å². The monoisotopic (exact) mass is 434 g/mol. The lowest BCUT2D eigenvalue weighted by atomic mass is 10.1. The van der Waals surface area contributed by atoms with E-state index in [1.807, 2.05) is 42.5 Å². The fourth-order valence-corrected chi connectivity index (χ4v) is 3.94. The molecule has 0 saturated carbocycles. The maximum atomic E-state index is 13.3. The van der Waals surface area contributed by atoms with E-state index in [4.69, 9.17) is 9.26 Å². The molecule has 1 aromatic heterocycles. The van der Waals surface area contributed by atoms with Gasteiger partial charge in [-0.3, -0.25) is 9.59 Å². The Kier molecular flexibility index (Phi) is 6.49. The lowest BCUT2D eigenvalue weighted by Crippen LogP contribution is -2.39. The molecule has 4 rings (SSSR count). The predicted octanol–water partition coefficient (Wildman–Crippen LogP) is 3.05. The Balaban J connectivity index is 1.54. The minimum absolute atomic E-state index is 0.00715. The summed E-state index contributed by atoms with van der Waals surface area (Å²) in [7, 11) is 1.60. The van der Waals surface area contributed by atoms with Gasteiger partial charge in [0.15, 0.2) is 5.82 Å². The third-order valence-electron chi connectivity index (χ3n) is 5.61. The van der Waals surface area contributed by atoms with E-state index in [-0.39, 0.29) is 18.2 Å². The first-order chi connectivity index (χ1) is 15.5. The topological polar surface area (TPSA) is 88.8 Å². The molecular formula is C24H26N4O4. The maximum absolute atomic E-state index is 13.3. The third kappa shape index (κ3) is 4.80. The molecule has 1 aliphatic heterocycles. The van der Waals surface area contributed by atoms with Crippen molar-refractivity contribution in [1.82, 2.24) is 19.9 Å². The smallest absolute Gasteiger partial charge is 0.254 e. The van der Waals surface area contributed by atoms with Crippen molar-refractivity contribution in [1.29, 1.82) is 0 Å². The lowest BCUT2D eigenvalue weighted by molar-refractivity contribution is -0.130. The van der Waals surface area contributed by atoms with Crippen LogP contribution in [0.25, 0.3) is 0 Å². The first kappa shape index (κ1) is 21.5. The summed E-state index contributed by atoms with van der Waals surface area (Å²) in [6.07, 6.45) is 0.790. The molecule has 32 heavy (non-hydrogen) atoms. The molecule has 3 aromatic rings. The molecule has 0 radical (unpaired) electrons. The highest BCUT2D eigenvalue weighted by atomic mass is 16.5. The molecule has 0 spiro atoms. The summed E-state index contributed by atoms with van der Waals surface area (Å²) in [4.78, 5) is 34.3. The van der Waals surface area contributed by atoms with Crippen LogP contribution in [0.15, 0.2) is 59.1 Å². The number of aromatic nitrogens is 2. The van der Waals surface area contributed by atoms with Crippen LogP contribution in [0.4, 0.5) is 0 Å². The van der Waals surface area contributed by atoms with Gasteiger partial charge in [0.25, 0.3) is 5.91 Å². The molecule has 0 aliphatic carbocycles. The van der Waals surface area contributed by atoms with Crippen molar-refractivity contribution in [3.05, 3.63) is 77.4 Å². The zero-order chi connectivity index (χ0) is 22.5. The largest absolute Gasteiger partial charge is 0.497 e. The molecule has 1 saturated heterocycles. The number of nitrogens with zero attached hydrogens (tertiary/aromatic N) is 4. The third-order valence-corrected chi connectivity index (χ3v) is 5.61. The SMILES string of the molecule is COc1cccc(CC(=O)N2CCC(c3nc(C)no3)N(C(=O)c3ccccc3)CC2)c1. The highest BCUT2D eigenvalue weighted by Gasteiger charge is 2.34. The van der Waals surface area contributed by atoms with Crippen molar-refractivity contribution in [3.8, 4) is 5.75 Å². The molecule has 166 valence electrons. The summed E-state index contributed by atoms with van der Waals surface area (Å²) < 4.78 is 10.7. The van der Waals surface area contributed by atoms with Gasteiger partial charge in [-0.15, -0.1) is 0 Å². The Hall–Kier alpha value is -3.68. The van der Waals surface area contributed by atoms with Gasteiger partial charge in [-0.05, 0) is 43.2 Å². The van der Waals surface area contributed by atoms with Crippen molar-refractivity contribution < 1.29 is 18.8 Å². The van der Waals surface area contributed by atoms with Crippen LogP contribution >= 0.6 is 0 Å². The number of benzene rings is 2. The van der Waals surface area contributed by atoms with Crippen LogP contribution in [-0.4, -0.2) is 58.5 Å². The number of rotatable bonds is 5. The number of hydrogen-bond donors (Lipinski definition) is 0. The van der Waals surface area contributed by atoms with E-state index in [1.165, 1.54) is 0 Å².